The maximum absolute atomic E-state index is 5.75. The summed E-state index contributed by atoms with van der Waals surface area (Å²) in [5, 5.41) is 3.42. The van der Waals surface area contributed by atoms with E-state index in [1.54, 1.807) is 7.11 Å². The number of rotatable bonds is 5. The number of methoxy groups -OCH3 is 1. The molecule has 4 heteroatoms. The molecule has 0 aromatic heterocycles. The van der Waals surface area contributed by atoms with E-state index >= 15 is 0 Å². The fraction of sp³-hybridized carbons (Fsp3) is 0.500. The zero-order chi connectivity index (χ0) is 11.6. The number of benzene rings is 1. The van der Waals surface area contributed by atoms with Crippen LogP contribution < -0.4 is 15.8 Å². The van der Waals surface area contributed by atoms with Crippen molar-refractivity contribution < 1.29 is 4.74 Å². The van der Waals surface area contributed by atoms with Gasteiger partial charge < -0.3 is 15.8 Å². The third-order valence-corrected chi connectivity index (χ3v) is 3.70. The smallest absolute Gasteiger partial charge is 0.142 e. The Morgan fingerprint density at radius 2 is 2.25 bits per heavy atom. The Morgan fingerprint density at radius 1 is 1.50 bits per heavy atom. The van der Waals surface area contributed by atoms with Gasteiger partial charge in [0.1, 0.15) is 5.75 Å². The van der Waals surface area contributed by atoms with E-state index in [0.717, 1.165) is 29.0 Å². The second-order valence-electron chi connectivity index (χ2n) is 4.40. The summed E-state index contributed by atoms with van der Waals surface area (Å²) in [6.45, 7) is 1.69. The van der Waals surface area contributed by atoms with Crippen LogP contribution in [0, 0.1) is 5.41 Å². The maximum atomic E-state index is 5.75. The Hall–Kier alpha value is -0.740. The van der Waals surface area contributed by atoms with Crippen LogP contribution in [0.25, 0.3) is 0 Å². The summed E-state index contributed by atoms with van der Waals surface area (Å²) in [4.78, 5) is 0. The first-order chi connectivity index (χ1) is 7.69. The first kappa shape index (κ1) is 11.7. The molecule has 1 aromatic rings. The van der Waals surface area contributed by atoms with Gasteiger partial charge in [-0.3, -0.25) is 0 Å². The minimum Gasteiger partial charge on any atom is -0.495 e. The Balaban J connectivity index is 2.05. The molecule has 1 aliphatic carbocycles. The fourth-order valence-electron chi connectivity index (χ4n) is 1.73. The summed E-state index contributed by atoms with van der Waals surface area (Å²) in [6.07, 6.45) is 2.46. The highest BCUT2D eigenvalue weighted by molar-refractivity contribution is 9.10. The van der Waals surface area contributed by atoms with E-state index < -0.39 is 0 Å². The second-order valence-corrected chi connectivity index (χ2v) is 5.32. The molecule has 0 heterocycles. The number of nitrogens with two attached hydrogens (primary N) is 1. The van der Waals surface area contributed by atoms with E-state index in [4.69, 9.17) is 10.5 Å². The zero-order valence-electron chi connectivity index (χ0n) is 9.42. The topological polar surface area (TPSA) is 47.3 Å². The molecular formula is C12H17BrN2O. The Kier molecular flexibility index (Phi) is 3.40. The lowest BCUT2D eigenvalue weighted by atomic mass is 10.1. The molecule has 0 saturated heterocycles. The average Bonchev–Trinajstić information content (AvgIpc) is 3.07. The third-order valence-electron chi connectivity index (χ3n) is 3.21. The van der Waals surface area contributed by atoms with Crippen molar-refractivity contribution in [1.29, 1.82) is 0 Å². The Morgan fingerprint density at radius 3 is 2.81 bits per heavy atom. The highest BCUT2D eigenvalue weighted by Crippen LogP contribution is 2.44. The van der Waals surface area contributed by atoms with Crippen molar-refractivity contribution in [3.8, 4) is 5.75 Å². The van der Waals surface area contributed by atoms with Gasteiger partial charge in [0.25, 0.3) is 0 Å². The summed E-state index contributed by atoms with van der Waals surface area (Å²) in [7, 11) is 1.68. The molecule has 0 amide bonds. The van der Waals surface area contributed by atoms with Gasteiger partial charge in [-0.25, -0.2) is 0 Å². The maximum Gasteiger partial charge on any atom is 0.142 e. The van der Waals surface area contributed by atoms with Gasteiger partial charge >= 0.3 is 0 Å². The number of nitrogens with one attached hydrogen (secondary N) is 1. The van der Waals surface area contributed by atoms with Crippen LogP contribution in [0.1, 0.15) is 12.8 Å². The van der Waals surface area contributed by atoms with E-state index in [1.807, 2.05) is 18.2 Å². The molecule has 0 atom stereocenters. The van der Waals surface area contributed by atoms with Crippen LogP contribution in [0.5, 0.6) is 5.75 Å². The van der Waals surface area contributed by atoms with Crippen molar-refractivity contribution in [2.75, 3.05) is 25.5 Å². The van der Waals surface area contributed by atoms with Crippen molar-refractivity contribution in [2.24, 2.45) is 11.1 Å². The quantitative estimate of drug-likeness (QED) is 0.874. The van der Waals surface area contributed by atoms with Gasteiger partial charge in [-0.1, -0.05) is 15.9 Å². The minimum atomic E-state index is 0.327. The molecule has 1 aliphatic rings. The van der Waals surface area contributed by atoms with E-state index in [-0.39, 0.29) is 0 Å². The molecule has 2 rings (SSSR count). The lowest BCUT2D eigenvalue weighted by molar-refractivity contribution is 0.415. The molecule has 0 aliphatic heterocycles. The van der Waals surface area contributed by atoms with Crippen molar-refractivity contribution in [1.82, 2.24) is 0 Å². The van der Waals surface area contributed by atoms with Crippen LogP contribution in [-0.4, -0.2) is 20.2 Å². The van der Waals surface area contributed by atoms with Crippen LogP contribution in [0.15, 0.2) is 22.7 Å². The highest BCUT2D eigenvalue weighted by atomic mass is 79.9. The third kappa shape index (κ3) is 2.50. The van der Waals surface area contributed by atoms with Gasteiger partial charge in [0.15, 0.2) is 0 Å². The van der Waals surface area contributed by atoms with Crippen molar-refractivity contribution in [2.45, 2.75) is 12.8 Å². The van der Waals surface area contributed by atoms with E-state index in [1.165, 1.54) is 12.8 Å². The van der Waals surface area contributed by atoms with Crippen LogP contribution in [0.2, 0.25) is 0 Å². The van der Waals surface area contributed by atoms with Crippen LogP contribution >= 0.6 is 15.9 Å². The Bertz CT molecular complexity index is 377. The first-order valence-corrected chi connectivity index (χ1v) is 6.26. The van der Waals surface area contributed by atoms with E-state index in [0.29, 0.717) is 5.41 Å². The SMILES string of the molecule is COc1ccc(Br)cc1NCC1(CN)CC1. The van der Waals surface area contributed by atoms with Crippen molar-refractivity contribution in [3.63, 3.8) is 0 Å². The summed E-state index contributed by atoms with van der Waals surface area (Å²) >= 11 is 3.46. The predicted octanol–water partition coefficient (Wildman–Crippen LogP) is 2.61. The molecule has 1 fully saturated rings. The van der Waals surface area contributed by atoms with Gasteiger partial charge in [0.2, 0.25) is 0 Å². The summed E-state index contributed by atoms with van der Waals surface area (Å²) < 4.78 is 6.35. The molecule has 3 nitrogen and oxygen atoms in total. The van der Waals surface area contributed by atoms with Crippen LogP contribution in [0.4, 0.5) is 5.69 Å². The van der Waals surface area contributed by atoms with E-state index in [9.17, 15) is 0 Å². The standard InChI is InChI=1S/C12H17BrN2O/c1-16-11-3-2-9(13)6-10(11)15-8-12(7-14)4-5-12/h2-3,6,15H,4-5,7-8,14H2,1H3. The van der Waals surface area contributed by atoms with Crippen molar-refractivity contribution in [3.05, 3.63) is 22.7 Å². The molecular weight excluding hydrogens is 268 g/mol. The molecule has 0 bridgehead atoms. The summed E-state index contributed by atoms with van der Waals surface area (Å²) in [6, 6.07) is 5.96. The summed E-state index contributed by atoms with van der Waals surface area (Å²) in [5.41, 5.74) is 7.10. The van der Waals surface area contributed by atoms with Crippen molar-refractivity contribution >= 4 is 21.6 Å². The molecule has 88 valence electrons. The molecule has 16 heavy (non-hydrogen) atoms. The van der Waals surface area contributed by atoms with Gasteiger partial charge in [0.05, 0.1) is 12.8 Å². The largest absolute Gasteiger partial charge is 0.495 e. The van der Waals surface area contributed by atoms with Gasteiger partial charge in [0, 0.05) is 11.0 Å². The lowest BCUT2D eigenvalue weighted by Crippen LogP contribution is -2.24. The number of hydrogen-bond donors (Lipinski definition) is 2. The van der Waals surface area contributed by atoms with Crippen LogP contribution in [0.3, 0.4) is 0 Å². The number of ether oxygens (including phenoxy) is 1. The minimum absolute atomic E-state index is 0.327. The zero-order valence-corrected chi connectivity index (χ0v) is 11.0. The molecule has 3 N–H and O–H groups in total. The molecule has 1 saturated carbocycles. The number of hydrogen-bond acceptors (Lipinski definition) is 3. The van der Waals surface area contributed by atoms with Crippen LogP contribution in [-0.2, 0) is 0 Å². The molecule has 0 radical (unpaired) electrons. The molecule has 0 spiro atoms. The fourth-order valence-corrected chi connectivity index (χ4v) is 2.09. The van der Waals surface area contributed by atoms with Gasteiger partial charge in [-0.05, 0) is 43.0 Å². The average molecular weight is 285 g/mol. The van der Waals surface area contributed by atoms with Gasteiger partial charge in [-0.2, -0.15) is 0 Å². The number of halogens is 1. The second kappa shape index (κ2) is 4.63. The van der Waals surface area contributed by atoms with E-state index in [2.05, 4.69) is 21.2 Å². The number of anilines is 1. The monoisotopic (exact) mass is 284 g/mol. The Labute approximate surface area is 104 Å². The first-order valence-electron chi connectivity index (χ1n) is 5.47. The lowest BCUT2D eigenvalue weighted by Gasteiger charge is -2.16. The molecule has 0 unspecified atom stereocenters. The highest BCUT2D eigenvalue weighted by Gasteiger charge is 2.40. The molecule has 1 aromatic carbocycles. The van der Waals surface area contributed by atoms with Gasteiger partial charge in [-0.15, -0.1) is 0 Å². The normalized spacial score (nSPS) is 16.9. The summed E-state index contributed by atoms with van der Waals surface area (Å²) in [5.74, 6) is 0.871. The predicted molar refractivity (Wildman–Crippen MR) is 69.9 cm³/mol.